The van der Waals surface area contributed by atoms with Gasteiger partial charge in [-0.05, 0) is 38.5 Å². The van der Waals surface area contributed by atoms with Crippen molar-refractivity contribution in [1.29, 1.82) is 0 Å². The predicted octanol–water partition coefficient (Wildman–Crippen LogP) is 2.40. The van der Waals surface area contributed by atoms with Crippen LogP contribution in [0.25, 0.3) is 0 Å². The Morgan fingerprint density at radius 3 is 2.56 bits per heavy atom. The van der Waals surface area contributed by atoms with Crippen LogP contribution in [0.1, 0.15) is 46.5 Å². The molecular formula is C14H31N3O. The maximum atomic E-state index is 5.02. The fourth-order valence-electron chi connectivity index (χ4n) is 1.55. The molecule has 0 saturated heterocycles. The van der Waals surface area contributed by atoms with E-state index in [1.54, 1.807) is 7.11 Å². The standard InChI is InChI=1S/C14H31N3O/c1-5-15-14(17-11-9-13(2)3)16-10-7-6-8-12-18-4/h13H,5-12H2,1-4H3,(H2,15,16,17). The van der Waals surface area contributed by atoms with Crippen molar-refractivity contribution in [3.8, 4) is 0 Å². The molecule has 0 saturated carbocycles. The van der Waals surface area contributed by atoms with Gasteiger partial charge in [0.1, 0.15) is 0 Å². The molecule has 0 spiro atoms. The number of nitrogens with zero attached hydrogens (tertiary/aromatic N) is 1. The molecule has 0 rings (SSSR count). The van der Waals surface area contributed by atoms with E-state index in [0.717, 1.165) is 51.0 Å². The van der Waals surface area contributed by atoms with Crippen molar-refractivity contribution < 1.29 is 4.74 Å². The highest BCUT2D eigenvalue weighted by molar-refractivity contribution is 5.79. The van der Waals surface area contributed by atoms with Crippen molar-refractivity contribution in [2.24, 2.45) is 10.9 Å². The van der Waals surface area contributed by atoms with Crippen molar-refractivity contribution in [2.75, 3.05) is 33.4 Å². The number of unbranched alkanes of at least 4 members (excludes halogenated alkanes) is 2. The molecule has 0 fully saturated rings. The maximum absolute atomic E-state index is 5.02. The molecule has 0 atom stereocenters. The molecule has 0 aliphatic heterocycles. The molecule has 2 N–H and O–H groups in total. The molecule has 0 bridgehead atoms. The minimum atomic E-state index is 0.731. The minimum Gasteiger partial charge on any atom is -0.385 e. The van der Waals surface area contributed by atoms with Crippen LogP contribution >= 0.6 is 0 Å². The van der Waals surface area contributed by atoms with Crippen LogP contribution in [-0.2, 0) is 4.74 Å². The second-order valence-electron chi connectivity index (χ2n) is 4.92. The molecule has 0 unspecified atom stereocenters. The lowest BCUT2D eigenvalue weighted by Crippen LogP contribution is -2.38. The smallest absolute Gasteiger partial charge is 0.191 e. The van der Waals surface area contributed by atoms with Gasteiger partial charge in [0.15, 0.2) is 5.96 Å². The highest BCUT2D eigenvalue weighted by atomic mass is 16.5. The predicted molar refractivity (Wildman–Crippen MR) is 79.2 cm³/mol. The van der Waals surface area contributed by atoms with E-state index in [2.05, 4.69) is 36.4 Å². The van der Waals surface area contributed by atoms with Crippen molar-refractivity contribution in [1.82, 2.24) is 10.6 Å². The number of hydrogen-bond acceptors (Lipinski definition) is 2. The number of guanidine groups is 1. The van der Waals surface area contributed by atoms with Gasteiger partial charge in [0.2, 0.25) is 0 Å². The summed E-state index contributed by atoms with van der Waals surface area (Å²) in [6, 6.07) is 0. The molecule has 0 aromatic heterocycles. The normalized spacial score (nSPS) is 11.9. The lowest BCUT2D eigenvalue weighted by atomic mass is 10.1. The average Bonchev–Trinajstić information content (AvgIpc) is 2.33. The molecule has 0 amide bonds. The highest BCUT2D eigenvalue weighted by Gasteiger charge is 1.98. The number of methoxy groups -OCH3 is 1. The lowest BCUT2D eigenvalue weighted by molar-refractivity contribution is 0.192. The summed E-state index contributed by atoms with van der Waals surface area (Å²) in [5.74, 6) is 1.68. The Labute approximate surface area is 113 Å². The van der Waals surface area contributed by atoms with Crippen LogP contribution in [0.2, 0.25) is 0 Å². The first-order valence-corrected chi connectivity index (χ1v) is 7.21. The summed E-state index contributed by atoms with van der Waals surface area (Å²) in [7, 11) is 1.75. The van der Waals surface area contributed by atoms with Crippen LogP contribution in [0.4, 0.5) is 0 Å². The number of hydrogen-bond donors (Lipinski definition) is 2. The van der Waals surface area contributed by atoms with E-state index in [9.17, 15) is 0 Å². The van der Waals surface area contributed by atoms with Gasteiger partial charge in [-0.25, -0.2) is 0 Å². The summed E-state index contributed by atoms with van der Waals surface area (Å²) in [6.45, 7) is 10.2. The summed E-state index contributed by atoms with van der Waals surface area (Å²) in [5, 5.41) is 6.64. The van der Waals surface area contributed by atoms with E-state index in [1.165, 1.54) is 12.8 Å². The number of ether oxygens (including phenoxy) is 1. The summed E-state index contributed by atoms with van der Waals surface area (Å²) in [4.78, 5) is 4.56. The van der Waals surface area contributed by atoms with Crippen LogP contribution in [0.3, 0.4) is 0 Å². The lowest BCUT2D eigenvalue weighted by Gasteiger charge is -2.12. The number of aliphatic imine (C=N–C) groups is 1. The van der Waals surface area contributed by atoms with E-state index < -0.39 is 0 Å². The third-order valence-corrected chi connectivity index (χ3v) is 2.63. The van der Waals surface area contributed by atoms with Gasteiger partial charge in [-0.1, -0.05) is 13.8 Å². The molecule has 0 heterocycles. The first kappa shape index (κ1) is 17.2. The Morgan fingerprint density at radius 1 is 1.17 bits per heavy atom. The molecular weight excluding hydrogens is 226 g/mol. The summed E-state index contributed by atoms with van der Waals surface area (Å²) < 4.78 is 5.02. The van der Waals surface area contributed by atoms with Crippen LogP contribution in [0, 0.1) is 5.92 Å². The monoisotopic (exact) mass is 257 g/mol. The molecule has 18 heavy (non-hydrogen) atoms. The highest BCUT2D eigenvalue weighted by Crippen LogP contribution is 1.97. The summed E-state index contributed by atoms with van der Waals surface area (Å²) in [5.41, 5.74) is 0. The zero-order chi connectivity index (χ0) is 13.6. The quantitative estimate of drug-likeness (QED) is 0.359. The molecule has 0 radical (unpaired) electrons. The third-order valence-electron chi connectivity index (χ3n) is 2.63. The molecule has 108 valence electrons. The summed E-state index contributed by atoms with van der Waals surface area (Å²) in [6.07, 6.45) is 4.62. The Kier molecular flexibility index (Phi) is 12.1. The first-order valence-electron chi connectivity index (χ1n) is 7.21. The SMILES string of the molecule is CCNC(=NCCCCCOC)NCCC(C)C. The summed E-state index contributed by atoms with van der Waals surface area (Å²) >= 11 is 0. The zero-order valence-corrected chi connectivity index (χ0v) is 12.6. The Bertz CT molecular complexity index is 205. The van der Waals surface area contributed by atoms with E-state index >= 15 is 0 Å². The van der Waals surface area contributed by atoms with Gasteiger partial charge in [-0.15, -0.1) is 0 Å². The van der Waals surface area contributed by atoms with Gasteiger partial charge in [0, 0.05) is 33.4 Å². The fourth-order valence-corrected chi connectivity index (χ4v) is 1.55. The first-order chi connectivity index (χ1) is 8.70. The van der Waals surface area contributed by atoms with E-state index in [0.29, 0.717) is 0 Å². The molecule has 0 aromatic rings. The zero-order valence-electron chi connectivity index (χ0n) is 12.6. The van der Waals surface area contributed by atoms with E-state index in [-0.39, 0.29) is 0 Å². The van der Waals surface area contributed by atoms with Gasteiger partial charge in [0.05, 0.1) is 0 Å². The average molecular weight is 257 g/mol. The molecule has 0 aliphatic rings. The Hall–Kier alpha value is -0.770. The van der Waals surface area contributed by atoms with Gasteiger partial charge in [-0.2, -0.15) is 0 Å². The van der Waals surface area contributed by atoms with Crippen LogP contribution in [0.5, 0.6) is 0 Å². The second kappa shape index (κ2) is 12.7. The number of rotatable bonds is 10. The van der Waals surface area contributed by atoms with Crippen LogP contribution in [0.15, 0.2) is 4.99 Å². The van der Waals surface area contributed by atoms with Crippen molar-refractivity contribution in [3.05, 3.63) is 0 Å². The van der Waals surface area contributed by atoms with Crippen molar-refractivity contribution in [3.63, 3.8) is 0 Å². The largest absolute Gasteiger partial charge is 0.385 e. The maximum Gasteiger partial charge on any atom is 0.191 e. The van der Waals surface area contributed by atoms with Crippen molar-refractivity contribution >= 4 is 5.96 Å². The van der Waals surface area contributed by atoms with E-state index in [1.807, 2.05) is 0 Å². The fraction of sp³-hybridized carbons (Fsp3) is 0.929. The third kappa shape index (κ3) is 11.7. The second-order valence-corrected chi connectivity index (χ2v) is 4.92. The Balaban J connectivity index is 3.71. The molecule has 4 heteroatoms. The van der Waals surface area contributed by atoms with Crippen LogP contribution < -0.4 is 10.6 Å². The van der Waals surface area contributed by atoms with Crippen LogP contribution in [-0.4, -0.2) is 39.3 Å². The molecule has 4 nitrogen and oxygen atoms in total. The molecule has 0 aliphatic carbocycles. The van der Waals surface area contributed by atoms with Gasteiger partial charge < -0.3 is 15.4 Å². The van der Waals surface area contributed by atoms with Gasteiger partial charge in [-0.3, -0.25) is 4.99 Å². The molecule has 0 aromatic carbocycles. The topological polar surface area (TPSA) is 45.7 Å². The minimum absolute atomic E-state index is 0.731. The van der Waals surface area contributed by atoms with Crippen molar-refractivity contribution in [2.45, 2.75) is 46.5 Å². The number of nitrogens with one attached hydrogen (secondary N) is 2. The van der Waals surface area contributed by atoms with Gasteiger partial charge >= 0.3 is 0 Å². The van der Waals surface area contributed by atoms with Gasteiger partial charge in [0.25, 0.3) is 0 Å². The Morgan fingerprint density at radius 2 is 1.94 bits per heavy atom. The van der Waals surface area contributed by atoms with E-state index in [4.69, 9.17) is 4.74 Å².